The highest BCUT2D eigenvalue weighted by atomic mass is 35.5. The Balaban J connectivity index is 1.43. The molecule has 184 valence electrons. The van der Waals surface area contributed by atoms with Crippen molar-refractivity contribution < 1.29 is 19.5 Å². The van der Waals surface area contributed by atoms with E-state index in [2.05, 4.69) is 15.4 Å². The van der Waals surface area contributed by atoms with Gasteiger partial charge in [-0.05, 0) is 54.3 Å². The van der Waals surface area contributed by atoms with E-state index in [1.54, 1.807) is 19.3 Å². The zero-order chi connectivity index (χ0) is 25.3. The molecule has 0 aliphatic carbocycles. The van der Waals surface area contributed by atoms with Gasteiger partial charge in [-0.15, -0.1) is 0 Å². The van der Waals surface area contributed by atoms with Crippen molar-refractivity contribution in [2.24, 2.45) is 11.1 Å². The quantitative estimate of drug-likeness (QED) is 0.191. The molecular weight excluding hydrogens is 478 g/mol. The first-order valence-electron chi connectivity index (χ1n) is 11.4. The molecule has 0 saturated heterocycles. The first kappa shape index (κ1) is 25.0. The normalized spacial score (nSPS) is 13.1. The third-order valence-electron chi connectivity index (χ3n) is 5.70. The van der Waals surface area contributed by atoms with Crippen LogP contribution in [-0.4, -0.2) is 27.0 Å². The van der Waals surface area contributed by atoms with E-state index in [1.807, 2.05) is 78.9 Å². The fourth-order valence-corrected chi connectivity index (χ4v) is 3.83. The Bertz CT molecular complexity index is 1270. The summed E-state index contributed by atoms with van der Waals surface area (Å²) in [6, 6.07) is 24.4. The summed E-state index contributed by atoms with van der Waals surface area (Å²) in [5.41, 5.74) is 4.01. The number of carboxylic acid groups (broad SMARTS) is 1. The molecule has 36 heavy (non-hydrogen) atoms. The van der Waals surface area contributed by atoms with Gasteiger partial charge in [-0.3, -0.25) is 9.89 Å². The van der Waals surface area contributed by atoms with Crippen LogP contribution in [0, 0.1) is 5.92 Å². The van der Waals surface area contributed by atoms with Crippen molar-refractivity contribution in [3.05, 3.63) is 119 Å². The molecule has 1 heterocycles. The van der Waals surface area contributed by atoms with Gasteiger partial charge in [0.25, 0.3) is 0 Å². The van der Waals surface area contributed by atoms with E-state index in [4.69, 9.17) is 21.2 Å². The van der Waals surface area contributed by atoms with Crippen molar-refractivity contribution in [2.45, 2.75) is 26.1 Å². The average molecular weight is 504 g/mol. The number of aromatic nitrogens is 2. The highest BCUT2D eigenvalue weighted by Crippen LogP contribution is 2.29. The minimum absolute atomic E-state index is 0.280. The Morgan fingerprint density at radius 1 is 1.00 bits per heavy atom. The Morgan fingerprint density at radius 2 is 1.72 bits per heavy atom. The van der Waals surface area contributed by atoms with Crippen LogP contribution in [0.1, 0.15) is 35.3 Å². The molecule has 0 amide bonds. The summed E-state index contributed by atoms with van der Waals surface area (Å²) in [4.78, 5) is 17.3. The van der Waals surface area contributed by atoms with Gasteiger partial charge in [0.1, 0.15) is 18.3 Å². The third kappa shape index (κ3) is 6.73. The molecular formula is C28H26ClN3O4. The summed E-state index contributed by atoms with van der Waals surface area (Å²) in [5, 5.41) is 21.3. The van der Waals surface area contributed by atoms with E-state index >= 15 is 0 Å². The number of rotatable bonds is 11. The number of hydrogen-bond donors (Lipinski definition) is 2. The summed E-state index contributed by atoms with van der Waals surface area (Å²) in [5.74, 6) is -1.12. The van der Waals surface area contributed by atoms with Crippen LogP contribution in [0.4, 0.5) is 0 Å². The number of halogens is 1. The number of benzene rings is 3. The summed E-state index contributed by atoms with van der Waals surface area (Å²) in [6.45, 7) is 1.95. The lowest BCUT2D eigenvalue weighted by atomic mass is 9.95. The second-order valence-corrected chi connectivity index (χ2v) is 8.75. The number of aromatic amines is 1. The molecule has 0 aliphatic heterocycles. The summed E-state index contributed by atoms with van der Waals surface area (Å²) >= 11 is 6.04. The smallest absolute Gasteiger partial charge is 0.312 e. The van der Waals surface area contributed by atoms with E-state index in [0.717, 1.165) is 22.3 Å². The molecule has 1 aromatic heterocycles. The molecule has 0 aliphatic rings. The van der Waals surface area contributed by atoms with Gasteiger partial charge in [-0.1, -0.05) is 71.4 Å². The third-order valence-corrected chi connectivity index (χ3v) is 5.95. The van der Waals surface area contributed by atoms with E-state index in [-0.39, 0.29) is 19.1 Å². The Morgan fingerprint density at radius 3 is 2.36 bits per heavy atom. The van der Waals surface area contributed by atoms with Gasteiger partial charge in [0.2, 0.25) is 0 Å². The molecule has 7 nitrogen and oxygen atoms in total. The van der Waals surface area contributed by atoms with Gasteiger partial charge in [-0.2, -0.15) is 5.10 Å². The van der Waals surface area contributed by atoms with E-state index in [0.29, 0.717) is 16.5 Å². The molecule has 4 aromatic rings. The minimum Gasteiger partial charge on any atom is -0.481 e. The van der Waals surface area contributed by atoms with Gasteiger partial charge in [0.05, 0.1) is 11.9 Å². The van der Waals surface area contributed by atoms with E-state index in [1.165, 1.54) is 0 Å². The molecule has 4 rings (SSSR count). The molecule has 2 N–H and O–H groups in total. The van der Waals surface area contributed by atoms with Crippen LogP contribution in [0.15, 0.2) is 96.4 Å². The molecule has 0 fully saturated rings. The van der Waals surface area contributed by atoms with E-state index in [9.17, 15) is 9.90 Å². The predicted molar refractivity (Wildman–Crippen MR) is 138 cm³/mol. The molecule has 0 spiro atoms. The van der Waals surface area contributed by atoms with Crippen LogP contribution >= 0.6 is 11.6 Å². The van der Waals surface area contributed by atoms with Crippen LogP contribution in [0.25, 0.3) is 0 Å². The van der Waals surface area contributed by atoms with Crippen molar-refractivity contribution in [3.8, 4) is 5.75 Å². The maximum absolute atomic E-state index is 11.9. The maximum atomic E-state index is 11.9. The lowest BCUT2D eigenvalue weighted by Gasteiger charge is -2.19. The highest BCUT2D eigenvalue weighted by molar-refractivity contribution is 6.30. The molecule has 0 bridgehead atoms. The number of oxime groups is 1. The number of nitrogens with zero attached hydrogens (tertiary/aromatic N) is 2. The van der Waals surface area contributed by atoms with Crippen molar-refractivity contribution in [1.29, 1.82) is 0 Å². The van der Waals surface area contributed by atoms with Crippen molar-refractivity contribution in [1.82, 2.24) is 10.2 Å². The van der Waals surface area contributed by atoms with Crippen LogP contribution < -0.4 is 4.74 Å². The predicted octanol–water partition coefficient (Wildman–Crippen LogP) is 6.07. The molecule has 8 heteroatoms. The number of nitrogens with one attached hydrogen (secondary N) is 1. The average Bonchev–Trinajstić information content (AvgIpc) is 3.42. The molecule has 2 unspecified atom stereocenters. The van der Waals surface area contributed by atoms with E-state index < -0.39 is 11.9 Å². The van der Waals surface area contributed by atoms with Crippen LogP contribution in [0.2, 0.25) is 5.02 Å². The monoisotopic (exact) mass is 503 g/mol. The largest absolute Gasteiger partial charge is 0.481 e. The molecule has 0 saturated carbocycles. The summed E-state index contributed by atoms with van der Waals surface area (Å²) < 4.78 is 6.27. The molecule has 3 aromatic carbocycles. The van der Waals surface area contributed by atoms with Crippen LogP contribution in [0.5, 0.6) is 5.75 Å². The number of aliphatic carboxylic acids is 1. The van der Waals surface area contributed by atoms with Crippen LogP contribution in [-0.2, 0) is 22.7 Å². The van der Waals surface area contributed by atoms with Gasteiger partial charge < -0.3 is 14.7 Å². The second kappa shape index (κ2) is 12.0. The van der Waals surface area contributed by atoms with Crippen molar-refractivity contribution in [3.63, 3.8) is 0 Å². The first-order chi connectivity index (χ1) is 17.5. The number of H-pyrrole nitrogens is 1. The number of carbonyl (C=O) groups is 1. The van der Waals surface area contributed by atoms with Crippen molar-refractivity contribution in [2.75, 3.05) is 0 Å². The molecule has 0 radical (unpaired) electrons. The van der Waals surface area contributed by atoms with Gasteiger partial charge in [0, 0.05) is 16.8 Å². The zero-order valence-electron chi connectivity index (χ0n) is 19.7. The SMILES string of the molecule is CC(=NOCc1ccccc1)C(Cc1ccc(OC(c2ccc(Cl)cc2)c2cn[nH]c2)cc1)C(=O)O. The second-order valence-electron chi connectivity index (χ2n) is 8.31. The van der Waals surface area contributed by atoms with Crippen LogP contribution in [0.3, 0.4) is 0 Å². The topological polar surface area (TPSA) is 96.8 Å². The number of hydrogen-bond acceptors (Lipinski definition) is 5. The number of carboxylic acids is 1. The Labute approximate surface area is 214 Å². The van der Waals surface area contributed by atoms with Crippen molar-refractivity contribution >= 4 is 23.3 Å². The first-order valence-corrected chi connectivity index (χ1v) is 11.8. The molecule has 2 atom stereocenters. The standard InChI is InChI=1S/C28H26ClN3O4/c1-19(32-35-18-21-5-3-2-4-6-21)26(28(33)34)15-20-7-13-25(14-8-20)36-27(23-16-30-31-17-23)22-9-11-24(29)12-10-22/h2-14,16-17,26-27H,15,18H2,1H3,(H,30,31)(H,33,34). The highest BCUT2D eigenvalue weighted by Gasteiger charge is 2.23. The Kier molecular flexibility index (Phi) is 8.36. The fraction of sp³-hybridized carbons (Fsp3) is 0.179. The number of ether oxygens (including phenoxy) is 1. The summed E-state index contributed by atoms with van der Waals surface area (Å²) in [7, 11) is 0. The zero-order valence-corrected chi connectivity index (χ0v) is 20.4. The minimum atomic E-state index is -0.956. The summed E-state index contributed by atoms with van der Waals surface area (Å²) in [6.07, 6.45) is 3.40. The Hall–Kier alpha value is -4.10. The van der Waals surface area contributed by atoms with Gasteiger partial charge in [0.15, 0.2) is 6.10 Å². The van der Waals surface area contributed by atoms with Gasteiger partial charge in [-0.25, -0.2) is 0 Å². The lowest BCUT2D eigenvalue weighted by Crippen LogP contribution is -2.24. The van der Waals surface area contributed by atoms with Gasteiger partial charge >= 0.3 is 5.97 Å². The fourth-order valence-electron chi connectivity index (χ4n) is 3.71. The maximum Gasteiger partial charge on any atom is 0.312 e. The lowest BCUT2D eigenvalue weighted by molar-refractivity contribution is -0.139.